The van der Waals surface area contributed by atoms with Gasteiger partial charge in [0.2, 0.25) is 0 Å². The monoisotopic (exact) mass is 249 g/mol. The first kappa shape index (κ1) is 10.8. The van der Waals surface area contributed by atoms with Crippen molar-refractivity contribution >= 4 is 27.4 Å². The van der Waals surface area contributed by atoms with Gasteiger partial charge in [-0.25, -0.2) is 0 Å². The lowest BCUT2D eigenvalue weighted by Crippen LogP contribution is -2.29. The molecule has 0 unspecified atom stereocenters. The predicted molar refractivity (Wildman–Crippen MR) is 70.6 cm³/mol. The summed E-state index contributed by atoms with van der Waals surface area (Å²) in [5.41, 5.74) is 2.16. The number of nitrogens with one attached hydrogen (secondary N) is 2. The standard InChI is InChI=1S/C12H15N3OS/c16-17-5-3-10(4-6-17)14-11-2-1-9-8-13-15-12(9)7-11/h1-2,7-8,10,14H,3-6H2,(H,13,15). The molecule has 0 spiro atoms. The van der Waals surface area contributed by atoms with Crippen molar-refractivity contribution in [3.05, 3.63) is 24.4 Å². The number of aromatic nitrogens is 2. The van der Waals surface area contributed by atoms with Crippen molar-refractivity contribution < 1.29 is 4.21 Å². The van der Waals surface area contributed by atoms with E-state index in [0.29, 0.717) is 6.04 Å². The summed E-state index contributed by atoms with van der Waals surface area (Å²) >= 11 is 0. The minimum atomic E-state index is -0.591. The van der Waals surface area contributed by atoms with Crippen LogP contribution in [-0.4, -0.2) is 32.0 Å². The van der Waals surface area contributed by atoms with Gasteiger partial charge < -0.3 is 5.32 Å². The first-order valence-electron chi connectivity index (χ1n) is 5.86. The Labute approximate surface area is 102 Å². The molecule has 1 aliphatic heterocycles. The molecule has 0 saturated carbocycles. The third-order valence-electron chi connectivity index (χ3n) is 3.20. The summed E-state index contributed by atoms with van der Waals surface area (Å²) in [7, 11) is -0.591. The van der Waals surface area contributed by atoms with E-state index in [-0.39, 0.29) is 0 Å². The molecule has 1 aromatic heterocycles. The lowest BCUT2D eigenvalue weighted by atomic mass is 10.1. The lowest BCUT2D eigenvalue weighted by Gasteiger charge is -2.23. The summed E-state index contributed by atoms with van der Waals surface area (Å²) in [6, 6.07) is 6.66. The summed E-state index contributed by atoms with van der Waals surface area (Å²) < 4.78 is 11.3. The number of hydrogen-bond acceptors (Lipinski definition) is 3. The molecule has 90 valence electrons. The fraction of sp³-hybridized carbons (Fsp3) is 0.417. The maximum atomic E-state index is 11.3. The number of H-pyrrole nitrogens is 1. The van der Waals surface area contributed by atoms with Crippen molar-refractivity contribution in [2.75, 3.05) is 16.8 Å². The number of benzene rings is 1. The molecule has 2 aromatic rings. The van der Waals surface area contributed by atoms with Gasteiger partial charge in [0.05, 0.1) is 11.7 Å². The van der Waals surface area contributed by atoms with E-state index >= 15 is 0 Å². The zero-order valence-corrected chi connectivity index (χ0v) is 10.3. The quantitative estimate of drug-likeness (QED) is 0.854. The second kappa shape index (κ2) is 4.49. The maximum absolute atomic E-state index is 11.3. The second-order valence-corrected chi connectivity index (χ2v) is 6.13. The van der Waals surface area contributed by atoms with Gasteiger partial charge in [-0.15, -0.1) is 0 Å². The van der Waals surface area contributed by atoms with Gasteiger partial charge in [-0.1, -0.05) is 0 Å². The molecule has 17 heavy (non-hydrogen) atoms. The molecule has 1 aromatic carbocycles. The van der Waals surface area contributed by atoms with Crippen molar-refractivity contribution in [2.24, 2.45) is 0 Å². The minimum absolute atomic E-state index is 0.452. The van der Waals surface area contributed by atoms with E-state index in [2.05, 4.69) is 33.7 Å². The van der Waals surface area contributed by atoms with Crippen LogP contribution < -0.4 is 5.32 Å². The largest absolute Gasteiger partial charge is 0.382 e. The third-order valence-corrected chi connectivity index (χ3v) is 4.58. The molecule has 1 saturated heterocycles. The van der Waals surface area contributed by atoms with Crippen LogP contribution in [0.5, 0.6) is 0 Å². The van der Waals surface area contributed by atoms with E-state index in [0.717, 1.165) is 40.9 Å². The number of rotatable bonds is 2. The highest BCUT2D eigenvalue weighted by Crippen LogP contribution is 2.20. The van der Waals surface area contributed by atoms with Gasteiger partial charge >= 0.3 is 0 Å². The van der Waals surface area contributed by atoms with E-state index in [1.54, 1.807) is 0 Å². The average Bonchev–Trinajstić information content (AvgIpc) is 2.79. The highest BCUT2D eigenvalue weighted by Gasteiger charge is 2.17. The van der Waals surface area contributed by atoms with Gasteiger partial charge in [0.25, 0.3) is 0 Å². The second-order valence-electron chi connectivity index (χ2n) is 4.44. The van der Waals surface area contributed by atoms with Gasteiger partial charge in [-0.05, 0) is 31.0 Å². The van der Waals surface area contributed by atoms with Crippen molar-refractivity contribution in [2.45, 2.75) is 18.9 Å². The van der Waals surface area contributed by atoms with E-state index < -0.39 is 10.8 Å². The Bertz CT molecular complexity index is 541. The van der Waals surface area contributed by atoms with Gasteiger partial charge in [0, 0.05) is 39.4 Å². The van der Waals surface area contributed by atoms with Crippen molar-refractivity contribution in [3.8, 4) is 0 Å². The Morgan fingerprint density at radius 3 is 3.00 bits per heavy atom. The smallest absolute Gasteiger partial charge is 0.0670 e. The Hall–Kier alpha value is -1.36. The van der Waals surface area contributed by atoms with Gasteiger partial charge in [0.15, 0.2) is 0 Å². The van der Waals surface area contributed by atoms with Crippen molar-refractivity contribution in [1.82, 2.24) is 10.2 Å². The summed E-state index contributed by atoms with van der Waals surface area (Å²) in [6.07, 6.45) is 3.81. The van der Waals surface area contributed by atoms with Crippen LogP contribution in [0.4, 0.5) is 5.69 Å². The van der Waals surface area contributed by atoms with Crippen LogP contribution in [0, 0.1) is 0 Å². The molecule has 1 aliphatic rings. The Morgan fingerprint density at radius 2 is 2.18 bits per heavy atom. The maximum Gasteiger partial charge on any atom is 0.0670 e. The lowest BCUT2D eigenvalue weighted by molar-refractivity contribution is 0.624. The fourth-order valence-corrected chi connectivity index (χ4v) is 3.50. The summed E-state index contributed by atoms with van der Waals surface area (Å²) in [4.78, 5) is 0. The summed E-state index contributed by atoms with van der Waals surface area (Å²) in [6.45, 7) is 0. The molecule has 2 heterocycles. The molecular formula is C12H15N3OS. The first-order chi connectivity index (χ1) is 8.31. The summed E-state index contributed by atoms with van der Waals surface area (Å²) in [5, 5.41) is 11.6. The van der Waals surface area contributed by atoms with Crippen LogP contribution in [0.15, 0.2) is 24.4 Å². The Kier molecular flexibility index (Phi) is 2.84. The highest BCUT2D eigenvalue weighted by atomic mass is 32.2. The molecule has 0 atom stereocenters. The van der Waals surface area contributed by atoms with Crippen LogP contribution in [-0.2, 0) is 10.8 Å². The SMILES string of the molecule is O=S1CCC(Nc2ccc3cn[nH]c3c2)CC1. The van der Waals surface area contributed by atoms with E-state index in [9.17, 15) is 4.21 Å². The first-order valence-corrected chi connectivity index (χ1v) is 7.35. The molecule has 0 aliphatic carbocycles. The molecule has 2 N–H and O–H groups in total. The molecule has 1 fully saturated rings. The number of fused-ring (bicyclic) bond motifs is 1. The summed E-state index contributed by atoms with van der Waals surface area (Å²) in [5.74, 6) is 1.65. The zero-order chi connectivity index (χ0) is 11.7. The molecule has 3 rings (SSSR count). The van der Waals surface area contributed by atoms with Crippen LogP contribution in [0.3, 0.4) is 0 Å². The van der Waals surface area contributed by atoms with Crippen molar-refractivity contribution in [3.63, 3.8) is 0 Å². The molecule has 0 bridgehead atoms. The third kappa shape index (κ3) is 2.34. The predicted octanol–water partition coefficient (Wildman–Crippen LogP) is 1.89. The molecular weight excluding hydrogens is 234 g/mol. The van der Waals surface area contributed by atoms with Crippen LogP contribution in [0.25, 0.3) is 10.9 Å². The average molecular weight is 249 g/mol. The Morgan fingerprint density at radius 1 is 1.35 bits per heavy atom. The number of anilines is 1. The van der Waals surface area contributed by atoms with Gasteiger partial charge in [-0.2, -0.15) is 5.10 Å². The number of aromatic amines is 1. The van der Waals surface area contributed by atoms with Crippen molar-refractivity contribution in [1.29, 1.82) is 0 Å². The van der Waals surface area contributed by atoms with E-state index in [1.807, 2.05) is 6.20 Å². The van der Waals surface area contributed by atoms with E-state index in [4.69, 9.17) is 0 Å². The minimum Gasteiger partial charge on any atom is -0.382 e. The zero-order valence-electron chi connectivity index (χ0n) is 9.48. The fourth-order valence-electron chi connectivity index (χ4n) is 2.20. The van der Waals surface area contributed by atoms with Crippen LogP contribution in [0.2, 0.25) is 0 Å². The van der Waals surface area contributed by atoms with Gasteiger partial charge in [-0.3, -0.25) is 9.31 Å². The topological polar surface area (TPSA) is 57.8 Å². The number of hydrogen-bond donors (Lipinski definition) is 2. The van der Waals surface area contributed by atoms with Crippen LogP contribution >= 0.6 is 0 Å². The molecule has 0 amide bonds. The molecule has 4 nitrogen and oxygen atoms in total. The highest BCUT2D eigenvalue weighted by molar-refractivity contribution is 7.85. The van der Waals surface area contributed by atoms with Crippen LogP contribution in [0.1, 0.15) is 12.8 Å². The van der Waals surface area contributed by atoms with E-state index in [1.165, 1.54) is 0 Å². The number of nitrogens with zero attached hydrogens (tertiary/aromatic N) is 1. The molecule has 0 radical (unpaired) electrons. The normalized spacial score (nSPS) is 24.9. The Balaban J connectivity index is 1.73. The molecule has 5 heteroatoms. The van der Waals surface area contributed by atoms with Gasteiger partial charge in [0.1, 0.15) is 0 Å².